The molecule has 1 heterocycles. The number of rotatable bonds is 6. The van der Waals surface area contributed by atoms with E-state index in [2.05, 4.69) is 22.4 Å². The van der Waals surface area contributed by atoms with Crippen molar-refractivity contribution < 1.29 is 9.90 Å². The van der Waals surface area contributed by atoms with Gasteiger partial charge in [0, 0.05) is 42.9 Å². The molecule has 1 unspecified atom stereocenters. The minimum atomic E-state index is -0.262. The number of aliphatic hydroxyl groups is 1. The van der Waals surface area contributed by atoms with Crippen LogP contribution in [0.25, 0.3) is 0 Å². The average Bonchev–Trinajstić information content (AvgIpc) is 3.45. The molecule has 6 nitrogen and oxygen atoms in total. The number of carbonyl (C=O) groups excluding carboxylic acids is 1. The second-order valence-electron chi connectivity index (χ2n) is 10.1. The number of nitrogens with zero attached hydrogens (tertiary/aromatic N) is 3. The zero-order valence-electron chi connectivity index (χ0n) is 19.3. The van der Waals surface area contributed by atoms with E-state index in [0.717, 1.165) is 56.4 Å². The predicted octanol–water partition coefficient (Wildman–Crippen LogP) is 4.62. The maximum absolute atomic E-state index is 13.4. The molecule has 0 bridgehead atoms. The van der Waals surface area contributed by atoms with E-state index in [4.69, 9.17) is 11.6 Å². The van der Waals surface area contributed by atoms with Crippen molar-refractivity contribution in [2.45, 2.75) is 49.7 Å². The fourth-order valence-electron chi connectivity index (χ4n) is 5.99. The van der Waals surface area contributed by atoms with Gasteiger partial charge in [0.15, 0.2) is 0 Å². The Morgan fingerprint density at radius 3 is 2.79 bits per heavy atom. The minimum absolute atomic E-state index is 0.0771. The van der Waals surface area contributed by atoms with E-state index in [-0.39, 0.29) is 23.6 Å². The number of hydrogen-bond acceptors (Lipinski definition) is 4. The Bertz CT molecular complexity index is 1080. The Morgan fingerprint density at radius 2 is 2.09 bits per heavy atom. The molecule has 4 atom stereocenters. The van der Waals surface area contributed by atoms with E-state index in [0.29, 0.717) is 24.0 Å². The lowest BCUT2D eigenvalue weighted by Crippen LogP contribution is -2.48. The molecule has 0 aromatic heterocycles. The van der Waals surface area contributed by atoms with Gasteiger partial charge in [-0.3, -0.25) is 4.90 Å². The first-order valence-electron chi connectivity index (χ1n) is 12.2. The van der Waals surface area contributed by atoms with Crippen LogP contribution in [0.2, 0.25) is 5.02 Å². The van der Waals surface area contributed by atoms with Gasteiger partial charge in [-0.1, -0.05) is 23.7 Å². The van der Waals surface area contributed by atoms with Crippen molar-refractivity contribution in [1.82, 2.24) is 9.80 Å². The molecule has 5 rings (SSSR count). The van der Waals surface area contributed by atoms with Gasteiger partial charge in [-0.05, 0) is 85.4 Å². The highest BCUT2D eigenvalue weighted by Gasteiger charge is 2.58. The summed E-state index contributed by atoms with van der Waals surface area (Å²) in [6.07, 6.45) is 4.62. The van der Waals surface area contributed by atoms with Crippen LogP contribution in [0.1, 0.15) is 43.2 Å². The van der Waals surface area contributed by atoms with Gasteiger partial charge in [-0.15, -0.1) is 0 Å². The fraction of sp³-hybridized carbons (Fsp3) is 0.481. The summed E-state index contributed by atoms with van der Waals surface area (Å²) in [7, 11) is 0. The lowest BCUT2D eigenvalue weighted by molar-refractivity contribution is 0.142. The standard InChI is InChI=1S/C27H31ClN4O2/c28-22-4-6-23(7-5-22)30-26(34)32(13-12-31-11-9-25(33)18-31)24-8-10-27(16-21(27)15-24)20-3-1-2-19(14-20)17-29/h1-7,14,21,24-25,33H,8-13,15-16,18H2,(H,30,34)/t21?,24-,25-,27-/m1/s1. The largest absolute Gasteiger partial charge is 0.392 e. The van der Waals surface area contributed by atoms with Gasteiger partial charge < -0.3 is 15.3 Å². The Balaban J connectivity index is 1.28. The smallest absolute Gasteiger partial charge is 0.322 e. The van der Waals surface area contributed by atoms with Gasteiger partial charge in [0.2, 0.25) is 0 Å². The number of hydrogen-bond donors (Lipinski definition) is 2. The number of benzene rings is 2. The maximum Gasteiger partial charge on any atom is 0.322 e. The van der Waals surface area contributed by atoms with Gasteiger partial charge >= 0.3 is 6.03 Å². The van der Waals surface area contributed by atoms with Crippen LogP contribution in [0.15, 0.2) is 48.5 Å². The summed E-state index contributed by atoms with van der Waals surface area (Å²) in [6, 6.07) is 17.6. The average molecular weight is 479 g/mol. The number of carbonyl (C=O) groups is 1. The van der Waals surface area contributed by atoms with Crippen LogP contribution in [-0.2, 0) is 5.41 Å². The number of aliphatic hydroxyl groups excluding tert-OH is 1. The van der Waals surface area contributed by atoms with Gasteiger partial charge in [0.25, 0.3) is 0 Å². The van der Waals surface area contributed by atoms with Crippen LogP contribution < -0.4 is 5.32 Å². The first kappa shape index (κ1) is 23.2. The number of β-amino-alcohol motifs (C(OH)–C–C–N with tert-alkyl or cyclic N) is 1. The first-order chi connectivity index (χ1) is 16.5. The number of likely N-dealkylation sites (tertiary alicyclic amines) is 1. The van der Waals surface area contributed by atoms with E-state index >= 15 is 0 Å². The highest BCUT2D eigenvalue weighted by atomic mass is 35.5. The molecular weight excluding hydrogens is 448 g/mol. The lowest BCUT2D eigenvalue weighted by Gasteiger charge is -2.37. The zero-order valence-corrected chi connectivity index (χ0v) is 20.0. The Hall–Kier alpha value is -2.59. The van der Waals surface area contributed by atoms with Crippen LogP contribution in [0.4, 0.5) is 10.5 Å². The van der Waals surface area contributed by atoms with Crippen molar-refractivity contribution in [3.8, 4) is 6.07 Å². The number of nitrogens with one attached hydrogen (secondary N) is 1. The number of amides is 2. The second-order valence-corrected chi connectivity index (χ2v) is 10.5. The maximum atomic E-state index is 13.4. The van der Waals surface area contributed by atoms with E-state index in [1.54, 1.807) is 12.1 Å². The van der Waals surface area contributed by atoms with Gasteiger partial charge in [0.1, 0.15) is 0 Å². The predicted molar refractivity (Wildman–Crippen MR) is 133 cm³/mol. The van der Waals surface area contributed by atoms with Crippen LogP contribution >= 0.6 is 11.6 Å². The molecule has 0 radical (unpaired) electrons. The molecule has 3 fully saturated rings. The van der Waals surface area contributed by atoms with Crippen LogP contribution in [0, 0.1) is 17.2 Å². The molecule has 178 valence electrons. The van der Waals surface area contributed by atoms with E-state index in [1.165, 1.54) is 5.56 Å². The quantitative estimate of drug-likeness (QED) is 0.634. The number of urea groups is 1. The van der Waals surface area contributed by atoms with Crippen LogP contribution in [0.3, 0.4) is 0 Å². The molecule has 2 aliphatic carbocycles. The molecule has 2 N–H and O–H groups in total. The van der Waals surface area contributed by atoms with Crippen LogP contribution in [0.5, 0.6) is 0 Å². The summed E-state index contributed by atoms with van der Waals surface area (Å²) in [5, 5.41) is 22.9. The molecule has 34 heavy (non-hydrogen) atoms. The van der Waals surface area contributed by atoms with Crippen molar-refractivity contribution in [1.29, 1.82) is 5.26 Å². The highest BCUT2D eigenvalue weighted by molar-refractivity contribution is 6.30. The third-order valence-electron chi connectivity index (χ3n) is 7.98. The molecular formula is C27H31ClN4O2. The zero-order chi connectivity index (χ0) is 23.7. The Morgan fingerprint density at radius 1 is 1.26 bits per heavy atom. The van der Waals surface area contributed by atoms with Gasteiger partial charge in [-0.25, -0.2) is 4.79 Å². The number of nitriles is 1. The van der Waals surface area contributed by atoms with Crippen molar-refractivity contribution >= 4 is 23.3 Å². The lowest BCUT2D eigenvalue weighted by atomic mass is 9.80. The SMILES string of the molecule is N#Cc1cccc([C@]23CC[C@@H](N(CCN4CC[C@@H](O)C4)C(=O)Nc4ccc(Cl)cc4)CC2C3)c1. The summed E-state index contributed by atoms with van der Waals surface area (Å²) in [4.78, 5) is 17.6. The number of halogens is 1. The Labute approximate surface area is 206 Å². The molecule has 3 aliphatic rings. The van der Waals surface area contributed by atoms with E-state index in [1.807, 2.05) is 35.2 Å². The number of anilines is 1. The third-order valence-corrected chi connectivity index (χ3v) is 8.23. The molecule has 7 heteroatoms. The molecule has 2 saturated carbocycles. The van der Waals surface area contributed by atoms with E-state index in [9.17, 15) is 15.2 Å². The summed E-state index contributed by atoms with van der Waals surface area (Å²) >= 11 is 6.00. The van der Waals surface area contributed by atoms with Gasteiger partial charge in [0.05, 0.1) is 17.7 Å². The first-order valence-corrected chi connectivity index (χ1v) is 12.6. The summed E-state index contributed by atoms with van der Waals surface area (Å²) in [6.45, 7) is 2.96. The summed E-state index contributed by atoms with van der Waals surface area (Å²) in [5.74, 6) is 0.541. The normalized spacial score (nSPS) is 28.1. The molecule has 1 saturated heterocycles. The minimum Gasteiger partial charge on any atom is -0.392 e. The molecule has 1 aliphatic heterocycles. The second kappa shape index (κ2) is 9.58. The monoisotopic (exact) mass is 478 g/mol. The molecule has 2 aromatic carbocycles. The molecule has 2 amide bonds. The van der Waals surface area contributed by atoms with Gasteiger partial charge in [-0.2, -0.15) is 5.26 Å². The topological polar surface area (TPSA) is 79.6 Å². The van der Waals surface area contributed by atoms with Crippen molar-refractivity contribution in [3.63, 3.8) is 0 Å². The third kappa shape index (κ3) is 4.79. The summed E-state index contributed by atoms with van der Waals surface area (Å²) < 4.78 is 0. The van der Waals surface area contributed by atoms with Crippen molar-refractivity contribution in [3.05, 3.63) is 64.7 Å². The fourth-order valence-corrected chi connectivity index (χ4v) is 6.11. The highest BCUT2D eigenvalue weighted by Crippen LogP contribution is 2.62. The molecule has 0 spiro atoms. The number of fused-ring (bicyclic) bond motifs is 1. The Kier molecular flexibility index (Phi) is 6.52. The van der Waals surface area contributed by atoms with Crippen molar-refractivity contribution in [2.75, 3.05) is 31.5 Å². The molecule has 2 aromatic rings. The summed E-state index contributed by atoms with van der Waals surface area (Å²) in [5.41, 5.74) is 2.90. The van der Waals surface area contributed by atoms with E-state index < -0.39 is 0 Å². The van der Waals surface area contributed by atoms with Crippen LogP contribution in [-0.4, -0.2) is 59.3 Å². The van der Waals surface area contributed by atoms with Crippen molar-refractivity contribution in [2.24, 2.45) is 5.92 Å².